The third-order valence-corrected chi connectivity index (χ3v) is 3.24. The van der Waals surface area contributed by atoms with Gasteiger partial charge in [-0.15, -0.1) is 0 Å². The first kappa shape index (κ1) is 16.9. The number of rotatable bonds is 12. The molecule has 0 atom stereocenters. The Morgan fingerprint density at radius 2 is 1.15 bits per heavy atom. The van der Waals surface area contributed by atoms with Crippen molar-refractivity contribution in [3.05, 3.63) is 24.3 Å². The maximum atomic E-state index is 5.79. The van der Waals surface area contributed by atoms with Gasteiger partial charge in [-0.3, -0.25) is 0 Å². The predicted octanol–water partition coefficient (Wildman–Crippen LogP) is 5.21. The van der Waals surface area contributed by atoms with Crippen LogP contribution >= 0.6 is 0 Å². The highest BCUT2D eigenvalue weighted by Crippen LogP contribution is 2.26. The van der Waals surface area contributed by atoms with Gasteiger partial charge in [-0.05, 0) is 37.1 Å². The van der Waals surface area contributed by atoms with Crippen molar-refractivity contribution in [3.8, 4) is 11.5 Å². The lowest BCUT2D eigenvalue weighted by atomic mass is 10.2. The Labute approximate surface area is 124 Å². The zero-order chi connectivity index (χ0) is 14.5. The van der Waals surface area contributed by atoms with Gasteiger partial charge in [0.2, 0.25) is 0 Å². The SMILES string of the molecule is CCCCCCOc1c[c][c]cc1OCCCCCC. The van der Waals surface area contributed by atoms with E-state index in [-0.39, 0.29) is 0 Å². The van der Waals surface area contributed by atoms with Gasteiger partial charge >= 0.3 is 0 Å². The maximum absolute atomic E-state index is 5.79. The van der Waals surface area contributed by atoms with E-state index in [1.807, 2.05) is 12.1 Å². The van der Waals surface area contributed by atoms with Gasteiger partial charge in [0.15, 0.2) is 11.5 Å². The average Bonchev–Trinajstić information content (AvgIpc) is 2.48. The molecule has 0 aliphatic rings. The van der Waals surface area contributed by atoms with E-state index in [0.717, 1.165) is 37.6 Å². The number of unbranched alkanes of at least 4 members (excludes halogenated alkanes) is 6. The highest BCUT2D eigenvalue weighted by molar-refractivity contribution is 5.38. The smallest absolute Gasteiger partial charge is 0.161 e. The minimum Gasteiger partial charge on any atom is -0.490 e. The lowest BCUT2D eigenvalue weighted by molar-refractivity contribution is 0.258. The van der Waals surface area contributed by atoms with Crippen LogP contribution in [0.1, 0.15) is 65.2 Å². The van der Waals surface area contributed by atoms with E-state index in [1.54, 1.807) is 0 Å². The molecule has 2 heteroatoms. The first-order valence-corrected chi connectivity index (χ1v) is 8.05. The molecule has 0 heterocycles. The van der Waals surface area contributed by atoms with Crippen molar-refractivity contribution in [3.63, 3.8) is 0 Å². The molecule has 1 aromatic carbocycles. The van der Waals surface area contributed by atoms with Gasteiger partial charge < -0.3 is 9.47 Å². The standard InChI is InChI=1S/C18H28O2/c1-3-5-7-11-15-19-17-13-9-10-14-18(17)20-16-12-8-6-4-2/h13-14H,3-8,11-12,15-16H2,1-2H3. The van der Waals surface area contributed by atoms with Crippen LogP contribution in [0.3, 0.4) is 0 Å². The molecule has 0 aliphatic carbocycles. The van der Waals surface area contributed by atoms with E-state index < -0.39 is 0 Å². The minimum absolute atomic E-state index is 0.754. The first-order chi connectivity index (χ1) is 9.88. The summed E-state index contributed by atoms with van der Waals surface area (Å²) in [6.45, 7) is 5.94. The Hall–Kier alpha value is -1.18. The predicted molar refractivity (Wildman–Crippen MR) is 83.4 cm³/mol. The molecule has 0 fully saturated rings. The fourth-order valence-electron chi connectivity index (χ4n) is 2.00. The first-order valence-electron chi connectivity index (χ1n) is 8.05. The molecule has 0 N–H and O–H groups in total. The van der Waals surface area contributed by atoms with Crippen LogP contribution in [0.15, 0.2) is 12.1 Å². The fourth-order valence-corrected chi connectivity index (χ4v) is 2.00. The molecule has 0 unspecified atom stereocenters. The molecule has 1 aromatic rings. The van der Waals surface area contributed by atoms with Crippen molar-refractivity contribution in [1.29, 1.82) is 0 Å². The second kappa shape index (κ2) is 11.6. The summed E-state index contributed by atoms with van der Waals surface area (Å²) < 4.78 is 11.6. The van der Waals surface area contributed by atoms with Gasteiger partial charge in [-0.1, -0.05) is 52.4 Å². The van der Waals surface area contributed by atoms with E-state index in [2.05, 4.69) is 26.0 Å². The van der Waals surface area contributed by atoms with Crippen LogP contribution in [0.2, 0.25) is 0 Å². The molecule has 0 aromatic heterocycles. The van der Waals surface area contributed by atoms with Gasteiger partial charge in [0.1, 0.15) is 0 Å². The Bertz CT molecular complexity index is 303. The molecule has 2 radical (unpaired) electrons. The van der Waals surface area contributed by atoms with Crippen LogP contribution in [-0.4, -0.2) is 13.2 Å². The molecule has 0 saturated carbocycles. The van der Waals surface area contributed by atoms with Crippen molar-refractivity contribution in [2.75, 3.05) is 13.2 Å². The maximum Gasteiger partial charge on any atom is 0.161 e. The minimum atomic E-state index is 0.754. The van der Waals surface area contributed by atoms with Gasteiger partial charge in [0.05, 0.1) is 13.2 Å². The highest BCUT2D eigenvalue weighted by atomic mass is 16.5. The third-order valence-electron chi connectivity index (χ3n) is 3.24. The third kappa shape index (κ3) is 7.42. The molecule has 20 heavy (non-hydrogen) atoms. The summed E-state index contributed by atoms with van der Waals surface area (Å²) in [5.41, 5.74) is 0. The van der Waals surface area contributed by atoms with Gasteiger partial charge in [0.25, 0.3) is 0 Å². The van der Waals surface area contributed by atoms with E-state index >= 15 is 0 Å². The highest BCUT2D eigenvalue weighted by Gasteiger charge is 2.04. The van der Waals surface area contributed by atoms with Gasteiger partial charge in [-0.25, -0.2) is 0 Å². The van der Waals surface area contributed by atoms with Gasteiger partial charge in [0, 0.05) is 0 Å². The summed E-state index contributed by atoms with van der Waals surface area (Å²) in [5, 5.41) is 0. The van der Waals surface area contributed by atoms with E-state index in [1.165, 1.54) is 38.5 Å². The summed E-state index contributed by atoms with van der Waals surface area (Å²) >= 11 is 0. The number of ether oxygens (including phenoxy) is 2. The molecule has 0 bridgehead atoms. The van der Waals surface area contributed by atoms with E-state index in [4.69, 9.17) is 9.47 Å². The molecular formula is C18H28O2. The molecule has 0 saturated heterocycles. The zero-order valence-corrected chi connectivity index (χ0v) is 13.0. The summed E-state index contributed by atoms with van der Waals surface area (Å²) in [7, 11) is 0. The van der Waals surface area contributed by atoms with E-state index in [9.17, 15) is 0 Å². The van der Waals surface area contributed by atoms with Crippen LogP contribution in [0.5, 0.6) is 11.5 Å². The van der Waals surface area contributed by atoms with Crippen LogP contribution in [0.4, 0.5) is 0 Å². The topological polar surface area (TPSA) is 18.5 Å². The van der Waals surface area contributed by atoms with Crippen LogP contribution in [0.25, 0.3) is 0 Å². The molecule has 0 amide bonds. The Morgan fingerprint density at radius 3 is 1.55 bits per heavy atom. The number of benzene rings is 1. The summed E-state index contributed by atoms with van der Waals surface area (Å²) in [5.74, 6) is 1.60. The number of hydrogen-bond donors (Lipinski definition) is 0. The molecule has 2 nitrogen and oxygen atoms in total. The summed E-state index contributed by atoms with van der Waals surface area (Å²) in [6, 6.07) is 9.51. The summed E-state index contributed by atoms with van der Waals surface area (Å²) in [4.78, 5) is 0. The second-order valence-corrected chi connectivity index (χ2v) is 5.12. The molecule has 112 valence electrons. The Morgan fingerprint density at radius 1 is 0.700 bits per heavy atom. The van der Waals surface area contributed by atoms with Crippen LogP contribution in [0, 0.1) is 12.1 Å². The lowest BCUT2D eigenvalue weighted by Crippen LogP contribution is -2.02. The van der Waals surface area contributed by atoms with Crippen LogP contribution in [-0.2, 0) is 0 Å². The molecule has 1 rings (SSSR count). The van der Waals surface area contributed by atoms with Crippen molar-refractivity contribution >= 4 is 0 Å². The average molecular weight is 276 g/mol. The number of hydrogen-bond acceptors (Lipinski definition) is 2. The Balaban J connectivity index is 2.27. The molecule has 0 aliphatic heterocycles. The zero-order valence-electron chi connectivity index (χ0n) is 13.0. The van der Waals surface area contributed by atoms with Crippen molar-refractivity contribution in [2.24, 2.45) is 0 Å². The summed E-state index contributed by atoms with van der Waals surface area (Å²) in [6.07, 6.45) is 9.71. The fraction of sp³-hybridized carbons (Fsp3) is 0.667. The van der Waals surface area contributed by atoms with Crippen molar-refractivity contribution in [1.82, 2.24) is 0 Å². The Kier molecular flexibility index (Phi) is 9.81. The van der Waals surface area contributed by atoms with E-state index in [0.29, 0.717) is 0 Å². The van der Waals surface area contributed by atoms with Gasteiger partial charge in [-0.2, -0.15) is 0 Å². The molecule has 0 spiro atoms. The van der Waals surface area contributed by atoms with Crippen molar-refractivity contribution < 1.29 is 9.47 Å². The lowest BCUT2D eigenvalue weighted by Gasteiger charge is -2.12. The monoisotopic (exact) mass is 276 g/mol. The quantitative estimate of drug-likeness (QED) is 0.488. The second-order valence-electron chi connectivity index (χ2n) is 5.12. The largest absolute Gasteiger partial charge is 0.490 e. The van der Waals surface area contributed by atoms with Crippen molar-refractivity contribution in [2.45, 2.75) is 65.2 Å². The molecular weight excluding hydrogens is 248 g/mol. The normalized spacial score (nSPS) is 10.5. The van der Waals surface area contributed by atoms with Crippen LogP contribution < -0.4 is 9.47 Å².